The second-order valence-electron chi connectivity index (χ2n) is 6.83. The molecule has 0 aliphatic rings. The molecule has 2 aromatic carbocycles. The number of hydrogen-bond donors (Lipinski definition) is 3. The van der Waals surface area contributed by atoms with Gasteiger partial charge in [-0.25, -0.2) is 10.8 Å². The summed E-state index contributed by atoms with van der Waals surface area (Å²) in [6, 6.07) is 14.7. The van der Waals surface area contributed by atoms with Crippen LogP contribution in [0.3, 0.4) is 0 Å². The quantitative estimate of drug-likeness (QED) is 0.191. The average molecular weight is 438 g/mol. The van der Waals surface area contributed by atoms with Crippen molar-refractivity contribution < 1.29 is 23.8 Å². The van der Waals surface area contributed by atoms with Gasteiger partial charge >= 0.3 is 0 Å². The molecule has 3 aromatic rings. The second kappa shape index (κ2) is 11.1. The number of fused-ring (bicyclic) bond motifs is 1. The summed E-state index contributed by atoms with van der Waals surface area (Å²) in [6.07, 6.45) is 0.161. The van der Waals surface area contributed by atoms with Crippen LogP contribution in [-0.2, 0) is 9.53 Å². The van der Waals surface area contributed by atoms with Gasteiger partial charge < -0.3 is 19.5 Å². The van der Waals surface area contributed by atoms with E-state index in [0.717, 1.165) is 10.9 Å². The minimum absolute atomic E-state index is 0.161. The molecule has 0 radical (unpaired) electrons. The zero-order chi connectivity index (χ0) is 22.9. The molecule has 3 rings (SSSR count). The predicted octanol–water partition coefficient (Wildman–Crippen LogP) is 2.05. The number of hydrazine groups is 1. The van der Waals surface area contributed by atoms with Crippen molar-refractivity contribution in [3.05, 3.63) is 54.1 Å². The molecule has 0 spiro atoms. The van der Waals surface area contributed by atoms with Crippen LogP contribution in [0, 0.1) is 0 Å². The van der Waals surface area contributed by atoms with E-state index < -0.39 is 0 Å². The number of carbonyl (C=O) groups is 2. The van der Waals surface area contributed by atoms with Crippen LogP contribution in [0.25, 0.3) is 22.2 Å². The highest BCUT2D eigenvalue weighted by Crippen LogP contribution is 2.33. The lowest BCUT2D eigenvalue weighted by atomic mass is 10.0. The lowest BCUT2D eigenvalue weighted by molar-refractivity contribution is -0.122. The minimum atomic E-state index is -0.306. The van der Waals surface area contributed by atoms with E-state index in [1.165, 1.54) is 0 Å². The smallest absolute Gasteiger partial charge is 0.252 e. The molecule has 9 heteroatoms. The van der Waals surface area contributed by atoms with Crippen molar-refractivity contribution in [1.29, 1.82) is 0 Å². The first-order chi connectivity index (χ1) is 15.6. The third kappa shape index (κ3) is 5.51. The molecule has 0 saturated heterocycles. The van der Waals surface area contributed by atoms with Crippen LogP contribution in [0.5, 0.6) is 11.5 Å². The third-order valence-corrected chi connectivity index (χ3v) is 4.81. The van der Waals surface area contributed by atoms with Gasteiger partial charge in [0.25, 0.3) is 5.91 Å². The first-order valence-electron chi connectivity index (χ1n) is 10.0. The maximum Gasteiger partial charge on any atom is 0.252 e. The summed E-state index contributed by atoms with van der Waals surface area (Å²) in [5, 5.41) is 3.60. The maximum atomic E-state index is 12.9. The molecule has 9 nitrogen and oxygen atoms in total. The van der Waals surface area contributed by atoms with Gasteiger partial charge in [0, 0.05) is 17.5 Å². The van der Waals surface area contributed by atoms with Crippen molar-refractivity contribution in [1.82, 2.24) is 15.7 Å². The molecule has 32 heavy (non-hydrogen) atoms. The summed E-state index contributed by atoms with van der Waals surface area (Å²) < 4.78 is 16.0. The number of aromatic nitrogens is 1. The summed E-state index contributed by atoms with van der Waals surface area (Å²) in [5.41, 5.74) is 4.67. The van der Waals surface area contributed by atoms with Gasteiger partial charge in [0.1, 0.15) is 0 Å². The highest BCUT2D eigenvalue weighted by molar-refractivity contribution is 6.07. The molecule has 0 bridgehead atoms. The van der Waals surface area contributed by atoms with E-state index in [2.05, 4.69) is 5.32 Å². The van der Waals surface area contributed by atoms with Crippen molar-refractivity contribution in [2.24, 2.45) is 5.84 Å². The molecule has 0 saturated carbocycles. The van der Waals surface area contributed by atoms with Crippen molar-refractivity contribution in [3.63, 3.8) is 0 Å². The molecule has 0 aliphatic heterocycles. The maximum absolute atomic E-state index is 12.9. The summed E-state index contributed by atoms with van der Waals surface area (Å²) in [7, 11) is 3.14. The minimum Gasteiger partial charge on any atom is -0.493 e. The summed E-state index contributed by atoms with van der Waals surface area (Å²) >= 11 is 0. The van der Waals surface area contributed by atoms with Gasteiger partial charge in [-0.05, 0) is 30.3 Å². The number of hydrogen-bond acceptors (Lipinski definition) is 7. The fraction of sp³-hybridized carbons (Fsp3) is 0.261. The molecule has 2 amide bonds. The predicted molar refractivity (Wildman–Crippen MR) is 120 cm³/mol. The van der Waals surface area contributed by atoms with E-state index in [4.69, 9.17) is 25.0 Å². The van der Waals surface area contributed by atoms with Crippen LogP contribution in [0.2, 0.25) is 0 Å². The van der Waals surface area contributed by atoms with Gasteiger partial charge in [0.2, 0.25) is 5.91 Å². The highest BCUT2D eigenvalue weighted by atomic mass is 16.5. The van der Waals surface area contributed by atoms with Gasteiger partial charge in [0.05, 0.1) is 50.6 Å². The molecule has 168 valence electrons. The summed E-state index contributed by atoms with van der Waals surface area (Å²) in [6.45, 7) is 0.793. The van der Waals surface area contributed by atoms with E-state index in [1.54, 1.807) is 26.4 Å². The van der Waals surface area contributed by atoms with Crippen LogP contribution in [0.15, 0.2) is 48.5 Å². The first-order valence-corrected chi connectivity index (χ1v) is 10.0. The van der Waals surface area contributed by atoms with Crippen molar-refractivity contribution in [2.45, 2.75) is 6.42 Å². The Labute approximate surface area is 185 Å². The second-order valence-corrected chi connectivity index (χ2v) is 6.83. The third-order valence-electron chi connectivity index (χ3n) is 4.81. The first kappa shape index (κ1) is 23.0. The molecule has 1 heterocycles. The number of ether oxygens (including phenoxy) is 3. The van der Waals surface area contributed by atoms with E-state index >= 15 is 0 Å². The number of rotatable bonds is 10. The fourth-order valence-corrected chi connectivity index (χ4v) is 3.18. The van der Waals surface area contributed by atoms with Crippen molar-refractivity contribution in [3.8, 4) is 22.8 Å². The number of amides is 2. The number of nitrogens with one attached hydrogen (secondary N) is 2. The van der Waals surface area contributed by atoms with Crippen molar-refractivity contribution in [2.75, 3.05) is 34.0 Å². The Bertz CT molecular complexity index is 1100. The Morgan fingerprint density at radius 2 is 1.78 bits per heavy atom. The van der Waals surface area contributed by atoms with Crippen LogP contribution < -0.4 is 26.1 Å². The molecule has 0 unspecified atom stereocenters. The average Bonchev–Trinajstić information content (AvgIpc) is 2.84. The van der Waals surface area contributed by atoms with Gasteiger partial charge in [-0.3, -0.25) is 15.0 Å². The SMILES string of the molecule is COc1ccc(-c2cc(C(=O)NCCOCCC(=O)NN)c3ccccc3n2)cc1OC. The van der Waals surface area contributed by atoms with Crippen LogP contribution in [0.4, 0.5) is 0 Å². The Kier molecular flexibility index (Phi) is 7.96. The van der Waals surface area contributed by atoms with E-state index in [-0.39, 0.29) is 31.4 Å². The van der Waals surface area contributed by atoms with Gasteiger partial charge in [-0.2, -0.15) is 0 Å². The molecular formula is C23H26N4O5. The number of pyridine rings is 1. The number of benzene rings is 2. The van der Waals surface area contributed by atoms with E-state index in [0.29, 0.717) is 34.8 Å². The fourth-order valence-electron chi connectivity index (χ4n) is 3.18. The van der Waals surface area contributed by atoms with E-state index in [1.807, 2.05) is 41.8 Å². The lowest BCUT2D eigenvalue weighted by Gasteiger charge is -2.12. The monoisotopic (exact) mass is 438 g/mol. The zero-order valence-electron chi connectivity index (χ0n) is 18.0. The van der Waals surface area contributed by atoms with Crippen molar-refractivity contribution >= 4 is 22.7 Å². The normalized spacial score (nSPS) is 10.6. The lowest BCUT2D eigenvalue weighted by Crippen LogP contribution is -2.31. The Morgan fingerprint density at radius 3 is 2.53 bits per heavy atom. The van der Waals surface area contributed by atoms with Gasteiger partial charge in [0.15, 0.2) is 11.5 Å². The highest BCUT2D eigenvalue weighted by Gasteiger charge is 2.15. The molecular weight excluding hydrogens is 412 g/mol. The van der Waals surface area contributed by atoms with Crippen LogP contribution in [0.1, 0.15) is 16.8 Å². The molecule has 0 fully saturated rings. The number of carbonyl (C=O) groups excluding carboxylic acids is 2. The topological polar surface area (TPSA) is 125 Å². The van der Waals surface area contributed by atoms with Crippen LogP contribution in [-0.4, -0.2) is 50.8 Å². The number of nitrogens with zero attached hydrogens (tertiary/aromatic N) is 1. The molecule has 0 atom stereocenters. The standard InChI is InChI=1S/C23H26N4O5/c1-30-20-8-7-15(13-21(20)31-2)19-14-17(16-5-3-4-6-18(16)26-19)23(29)25-10-12-32-11-9-22(28)27-24/h3-8,13-14H,9-12,24H2,1-2H3,(H,25,29)(H,27,28). The summed E-state index contributed by atoms with van der Waals surface area (Å²) in [4.78, 5) is 28.7. The van der Waals surface area contributed by atoms with Gasteiger partial charge in [-0.15, -0.1) is 0 Å². The number of para-hydroxylation sites is 1. The number of methoxy groups -OCH3 is 2. The largest absolute Gasteiger partial charge is 0.493 e. The van der Waals surface area contributed by atoms with Gasteiger partial charge in [-0.1, -0.05) is 18.2 Å². The Balaban J connectivity index is 1.79. The molecule has 0 aliphatic carbocycles. The molecule has 1 aromatic heterocycles. The number of nitrogens with two attached hydrogens (primary N) is 1. The van der Waals surface area contributed by atoms with E-state index in [9.17, 15) is 9.59 Å². The Morgan fingerprint density at radius 1 is 1.00 bits per heavy atom. The summed E-state index contributed by atoms with van der Waals surface area (Å²) in [5.74, 6) is 5.65. The molecule has 4 N–H and O–H groups in total. The van der Waals surface area contributed by atoms with Crippen LogP contribution >= 0.6 is 0 Å². The zero-order valence-corrected chi connectivity index (χ0v) is 18.0. The Hall–Kier alpha value is -3.69.